The first-order valence-corrected chi connectivity index (χ1v) is 6.91. The lowest BCUT2D eigenvalue weighted by Gasteiger charge is -2.09. The summed E-state index contributed by atoms with van der Waals surface area (Å²) >= 11 is 0. The largest absolute Gasteiger partial charge is 0.481 e. The maximum atomic E-state index is 13.2. The number of carbonyl (C=O) groups excluding carboxylic acids is 1. The summed E-state index contributed by atoms with van der Waals surface area (Å²) < 4.78 is 36.3. The summed E-state index contributed by atoms with van der Waals surface area (Å²) in [6.45, 7) is 5.55. The fraction of sp³-hybridized carbons (Fsp3) is 0.533. The predicted molar refractivity (Wildman–Crippen MR) is 75.1 cm³/mol. The fourth-order valence-electron chi connectivity index (χ4n) is 1.51. The molecule has 0 aliphatic heterocycles. The number of hydrogen-bond donors (Lipinski definition) is 1. The van der Waals surface area contributed by atoms with E-state index in [4.69, 9.17) is 9.47 Å². The first-order valence-electron chi connectivity index (χ1n) is 6.91. The first-order chi connectivity index (χ1) is 9.99. The lowest BCUT2D eigenvalue weighted by atomic mass is 10.2. The van der Waals surface area contributed by atoms with E-state index in [1.54, 1.807) is 0 Å². The SMILES string of the molecule is CC(C)COCCCNC(=O)COc1ccc(F)cc1F. The van der Waals surface area contributed by atoms with Crippen molar-refractivity contribution in [2.45, 2.75) is 20.3 Å². The fourth-order valence-corrected chi connectivity index (χ4v) is 1.51. The minimum absolute atomic E-state index is 0.146. The highest BCUT2D eigenvalue weighted by Crippen LogP contribution is 2.17. The zero-order valence-corrected chi connectivity index (χ0v) is 12.3. The first kappa shape index (κ1) is 17.4. The van der Waals surface area contributed by atoms with E-state index >= 15 is 0 Å². The van der Waals surface area contributed by atoms with Crippen LogP contribution in [0.1, 0.15) is 20.3 Å². The molecule has 21 heavy (non-hydrogen) atoms. The average Bonchev–Trinajstić information content (AvgIpc) is 2.41. The van der Waals surface area contributed by atoms with E-state index in [-0.39, 0.29) is 18.3 Å². The molecule has 0 aliphatic rings. The van der Waals surface area contributed by atoms with Crippen molar-refractivity contribution < 1.29 is 23.0 Å². The lowest BCUT2D eigenvalue weighted by Crippen LogP contribution is -2.30. The molecule has 0 fully saturated rings. The zero-order valence-electron chi connectivity index (χ0n) is 12.3. The van der Waals surface area contributed by atoms with Crippen molar-refractivity contribution in [2.24, 2.45) is 5.92 Å². The Kier molecular flexibility index (Phi) is 7.68. The molecule has 0 atom stereocenters. The van der Waals surface area contributed by atoms with Crippen LogP contribution in [0.2, 0.25) is 0 Å². The molecular weight excluding hydrogens is 280 g/mol. The second-order valence-electron chi connectivity index (χ2n) is 5.04. The number of ether oxygens (including phenoxy) is 2. The number of amides is 1. The molecule has 1 N–H and O–H groups in total. The van der Waals surface area contributed by atoms with Crippen LogP contribution in [0.15, 0.2) is 18.2 Å². The van der Waals surface area contributed by atoms with Crippen molar-refractivity contribution >= 4 is 5.91 Å². The normalized spacial score (nSPS) is 10.7. The van der Waals surface area contributed by atoms with Gasteiger partial charge in [0.2, 0.25) is 0 Å². The number of halogens is 2. The summed E-state index contributed by atoms with van der Waals surface area (Å²) in [5, 5.41) is 2.63. The van der Waals surface area contributed by atoms with Crippen LogP contribution in [-0.4, -0.2) is 32.3 Å². The number of nitrogens with one attached hydrogen (secondary N) is 1. The third-order valence-electron chi connectivity index (χ3n) is 2.49. The Morgan fingerprint density at radius 2 is 2.10 bits per heavy atom. The number of carbonyl (C=O) groups is 1. The Bertz CT molecular complexity index is 453. The van der Waals surface area contributed by atoms with Gasteiger partial charge in [-0.2, -0.15) is 0 Å². The van der Waals surface area contributed by atoms with E-state index in [9.17, 15) is 13.6 Å². The molecule has 0 aromatic heterocycles. The topological polar surface area (TPSA) is 47.6 Å². The molecule has 0 saturated carbocycles. The zero-order chi connectivity index (χ0) is 15.7. The highest BCUT2D eigenvalue weighted by Gasteiger charge is 2.07. The van der Waals surface area contributed by atoms with Crippen molar-refractivity contribution in [1.82, 2.24) is 5.32 Å². The van der Waals surface area contributed by atoms with Crippen molar-refractivity contribution in [3.8, 4) is 5.75 Å². The van der Waals surface area contributed by atoms with Gasteiger partial charge in [-0.1, -0.05) is 13.8 Å². The summed E-state index contributed by atoms with van der Waals surface area (Å²) in [7, 11) is 0. The number of benzene rings is 1. The maximum absolute atomic E-state index is 13.2. The van der Waals surface area contributed by atoms with E-state index < -0.39 is 11.6 Å². The highest BCUT2D eigenvalue weighted by molar-refractivity contribution is 5.77. The molecule has 0 spiro atoms. The van der Waals surface area contributed by atoms with Gasteiger partial charge in [0, 0.05) is 25.8 Å². The minimum Gasteiger partial charge on any atom is -0.481 e. The van der Waals surface area contributed by atoms with Gasteiger partial charge in [0.1, 0.15) is 5.82 Å². The number of rotatable bonds is 9. The van der Waals surface area contributed by atoms with Crippen LogP contribution < -0.4 is 10.1 Å². The molecule has 1 amide bonds. The van der Waals surface area contributed by atoms with Crippen LogP contribution >= 0.6 is 0 Å². The molecule has 4 nitrogen and oxygen atoms in total. The van der Waals surface area contributed by atoms with E-state index in [1.807, 2.05) is 0 Å². The second kappa shape index (κ2) is 9.28. The molecule has 6 heteroatoms. The van der Waals surface area contributed by atoms with E-state index in [2.05, 4.69) is 19.2 Å². The molecule has 118 valence electrons. The van der Waals surface area contributed by atoms with Crippen molar-refractivity contribution in [1.29, 1.82) is 0 Å². The third kappa shape index (κ3) is 7.60. The molecule has 0 aliphatic carbocycles. The molecule has 0 heterocycles. The quantitative estimate of drug-likeness (QED) is 0.713. The van der Waals surface area contributed by atoms with Gasteiger partial charge in [0.05, 0.1) is 0 Å². The van der Waals surface area contributed by atoms with Crippen molar-refractivity contribution in [3.63, 3.8) is 0 Å². The van der Waals surface area contributed by atoms with Gasteiger partial charge in [0.25, 0.3) is 5.91 Å². The average molecular weight is 301 g/mol. The smallest absolute Gasteiger partial charge is 0.257 e. The predicted octanol–water partition coefficient (Wildman–Crippen LogP) is 2.52. The molecule has 1 rings (SSSR count). The van der Waals surface area contributed by atoms with Gasteiger partial charge in [0.15, 0.2) is 18.2 Å². The summed E-state index contributed by atoms with van der Waals surface area (Å²) in [6, 6.07) is 2.93. The second-order valence-corrected chi connectivity index (χ2v) is 5.04. The summed E-state index contributed by atoms with van der Waals surface area (Å²) in [5.74, 6) is -1.54. The van der Waals surface area contributed by atoms with E-state index in [0.717, 1.165) is 12.1 Å². The van der Waals surface area contributed by atoms with Gasteiger partial charge < -0.3 is 14.8 Å². The molecule has 1 aromatic rings. The van der Waals surface area contributed by atoms with Crippen molar-refractivity contribution in [2.75, 3.05) is 26.4 Å². The maximum Gasteiger partial charge on any atom is 0.257 e. The molecule has 1 aromatic carbocycles. The Labute approximate surface area is 123 Å². The summed E-state index contributed by atoms with van der Waals surface area (Å²) in [4.78, 5) is 11.5. The Morgan fingerprint density at radius 3 is 2.76 bits per heavy atom. The van der Waals surface area contributed by atoms with Gasteiger partial charge in [-0.25, -0.2) is 8.78 Å². The van der Waals surface area contributed by atoms with Crippen LogP contribution in [0, 0.1) is 17.6 Å². The summed E-state index contributed by atoms with van der Waals surface area (Å²) in [6.07, 6.45) is 0.698. The van der Waals surface area contributed by atoms with Gasteiger partial charge >= 0.3 is 0 Å². The molecule has 0 bridgehead atoms. The Hall–Kier alpha value is -1.69. The molecular formula is C15H21F2NO3. The third-order valence-corrected chi connectivity index (χ3v) is 2.49. The van der Waals surface area contributed by atoms with Crippen LogP contribution in [0.25, 0.3) is 0 Å². The minimum atomic E-state index is -0.829. The summed E-state index contributed by atoms with van der Waals surface area (Å²) in [5.41, 5.74) is 0. The standard InChI is InChI=1S/C15H21F2NO3/c1-11(2)9-20-7-3-6-18-15(19)10-21-14-5-4-12(16)8-13(14)17/h4-5,8,11H,3,6-7,9-10H2,1-2H3,(H,18,19). The van der Waals surface area contributed by atoms with E-state index in [1.165, 1.54) is 0 Å². The molecule has 0 unspecified atom stereocenters. The molecule has 0 saturated heterocycles. The van der Waals surface area contributed by atoms with Crippen LogP contribution in [0.4, 0.5) is 8.78 Å². The van der Waals surface area contributed by atoms with E-state index in [0.29, 0.717) is 38.2 Å². The Morgan fingerprint density at radius 1 is 1.33 bits per heavy atom. The van der Waals surface area contributed by atoms with Crippen molar-refractivity contribution in [3.05, 3.63) is 29.8 Å². The lowest BCUT2D eigenvalue weighted by molar-refractivity contribution is -0.123. The monoisotopic (exact) mass is 301 g/mol. The van der Waals surface area contributed by atoms with Crippen LogP contribution in [-0.2, 0) is 9.53 Å². The van der Waals surface area contributed by atoms with Crippen LogP contribution in [0.3, 0.4) is 0 Å². The Balaban J connectivity index is 2.14. The van der Waals surface area contributed by atoms with Gasteiger partial charge in [-0.15, -0.1) is 0 Å². The molecule has 0 radical (unpaired) electrons. The number of hydrogen-bond acceptors (Lipinski definition) is 3. The van der Waals surface area contributed by atoms with Gasteiger partial charge in [-0.3, -0.25) is 4.79 Å². The highest BCUT2D eigenvalue weighted by atomic mass is 19.1. The van der Waals surface area contributed by atoms with Crippen LogP contribution in [0.5, 0.6) is 5.75 Å². The van der Waals surface area contributed by atoms with Gasteiger partial charge in [-0.05, 0) is 24.5 Å².